The molecule has 0 atom stereocenters. The van der Waals surface area contributed by atoms with Gasteiger partial charge in [-0.1, -0.05) is 40.7 Å². The number of hydrogen-bond donors (Lipinski definition) is 1. The van der Waals surface area contributed by atoms with Crippen LogP contribution in [-0.4, -0.2) is 15.9 Å². The minimum absolute atomic E-state index is 0.119. The molecule has 5 heteroatoms. The van der Waals surface area contributed by atoms with Crippen molar-refractivity contribution in [1.82, 2.24) is 9.97 Å². The third-order valence-electron chi connectivity index (χ3n) is 3.35. The maximum Gasteiger partial charge on any atom is 0.223 e. The van der Waals surface area contributed by atoms with Gasteiger partial charge in [-0.15, -0.1) is 0 Å². The van der Waals surface area contributed by atoms with Crippen LogP contribution in [0.5, 0.6) is 0 Å². The smallest absolute Gasteiger partial charge is 0.223 e. The second-order valence-corrected chi connectivity index (χ2v) is 6.49. The summed E-state index contributed by atoms with van der Waals surface area (Å²) in [5, 5.41) is 3.40. The van der Waals surface area contributed by atoms with Crippen LogP contribution in [-0.2, 0) is 4.79 Å². The maximum atomic E-state index is 11.4. The zero-order valence-electron chi connectivity index (χ0n) is 13.3. The number of anilines is 1. The number of thiazole rings is 1. The Morgan fingerprint density at radius 1 is 1.04 bits per heavy atom. The molecule has 4 nitrogen and oxygen atoms in total. The first-order valence-corrected chi connectivity index (χ1v) is 8.12. The molecule has 0 radical (unpaired) electrons. The van der Waals surface area contributed by atoms with E-state index in [0.29, 0.717) is 5.13 Å². The van der Waals surface area contributed by atoms with E-state index >= 15 is 0 Å². The van der Waals surface area contributed by atoms with Gasteiger partial charge in [0.25, 0.3) is 0 Å². The topological polar surface area (TPSA) is 54.9 Å². The molecule has 1 aromatic carbocycles. The van der Waals surface area contributed by atoms with Crippen molar-refractivity contribution in [2.75, 3.05) is 5.32 Å². The molecule has 0 saturated heterocycles. The molecule has 23 heavy (non-hydrogen) atoms. The molecule has 0 saturated carbocycles. The SMILES string of the molecule is CC(=O)Nc1nc(-c2ccncc2)c(-c2cc(C)cc(C)c2)s1. The lowest BCUT2D eigenvalue weighted by Crippen LogP contribution is -2.04. The van der Waals surface area contributed by atoms with E-state index in [4.69, 9.17) is 0 Å². The van der Waals surface area contributed by atoms with E-state index in [1.54, 1.807) is 12.4 Å². The number of pyridine rings is 1. The number of benzene rings is 1. The first kappa shape index (κ1) is 15.4. The predicted octanol–water partition coefficient (Wildman–Crippen LogP) is 4.45. The van der Waals surface area contributed by atoms with Crippen LogP contribution in [0.15, 0.2) is 42.7 Å². The molecule has 116 valence electrons. The van der Waals surface area contributed by atoms with Crippen molar-refractivity contribution in [3.63, 3.8) is 0 Å². The molecule has 1 amide bonds. The van der Waals surface area contributed by atoms with Gasteiger partial charge in [-0.25, -0.2) is 4.98 Å². The summed E-state index contributed by atoms with van der Waals surface area (Å²) in [6.45, 7) is 5.65. The summed E-state index contributed by atoms with van der Waals surface area (Å²) in [4.78, 5) is 21.1. The summed E-state index contributed by atoms with van der Waals surface area (Å²) in [5.41, 5.74) is 5.38. The van der Waals surface area contributed by atoms with Crippen molar-refractivity contribution < 1.29 is 4.79 Å². The molecule has 3 aromatic rings. The fraction of sp³-hybridized carbons (Fsp3) is 0.167. The van der Waals surface area contributed by atoms with Crippen molar-refractivity contribution >= 4 is 22.4 Å². The lowest BCUT2D eigenvalue weighted by Gasteiger charge is -2.05. The van der Waals surface area contributed by atoms with E-state index in [9.17, 15) is 4.79 Å². The fourth-order valence-electron chi connectivity index (χ4n) is 2.53. The Kier molecular flexibility index (Phi) is 4.21. The van der Waals surface area contributed by atoms with E-state index in [2.05, 4.69) is 47.3 Å². The number of amides is 1. The zero-order chi connectivity index (χ0) is 16.4. The number of aryl methyl sites for hydroxylation is 2. The summed E-state index contributed by atoms with van der Waals surface area (Å²) in [5.74, 6) is -0.119. The van der Waals surface area contributed by atoms with Gasteiger partial charge in [0.2, 0.25) is 5.91 Å². The molecule has 0 bridgehead atoms. The van der Waals surface area contributed by atoms with Gasteiger partial charge < -0.3 is 5.32 Å². The molecule has 0 fully saturated rings. The van der Waals surface area contributed by atoms with Gasteiger partial charge in [0.15, 0.2) is 5.13 Å². The minimum Gasteiger partial charge on any atom is -0.302 e. The van der Waals surface area contributed by atoms with Crippen LogP contribution < -0.4 is 5.32 Å². The number of aromatic nitrogens is 2. The lowest BCUT2D eigenvalue weighted by atomic mass is 10.0. The quantitative estimate of drug-likeness (QED) is 0.775. The van der Waals surface area contributed by atoms with Crippen LogP contribution in [0.1, 0.15) is 18.1 Å². The minimum atomic E-state index is -0.119. The van der Waals surface area contributed by atoms with Crippen LogP contribution in [0.4, 0.5) is 5.13 Å². The third kappa shape index (κ3) is 3.46. The normalized spacial score (nSPS) is 10.6. The van der Waals surface area contributed by atoms with Crippen LogP contribution in [0.25, 0.3) is 21.7 Å². The molecule has 2 heterocycles. The van der Waals surface area contributed by atoms with Crippen molar-refractivity contribution in [2.45, 2.75) is 20.8 Å². The largest absolute Gasteiger partial charge is 0.302 e. The first-order valence-electron chi connectivity index (χ1n) is 7.30. The summed E-state index contributed by atoms with van der Waals surface area (Å²) in [6, 6.07) is 10.3. The average molecular weight is 323 g/mol. The summed E-state index contributed by atoms with van der Waals surface area (Å²) in [7, 11) is 0. The number of nitrogens with zero attached hydrogens (tertiary/aromatic N) is 2. The van der Waals surface area contributed by atoms with Gasteiger partial charge in [0, 0.05) is 24.9 Å². The number of rotatable bonds is 3. The highest BCUT2D eigenvalue weighted by Crippen LogP contribution is 2.39. The fourth-order valence-corrected chi connectivity index (χ4v) is 3.55. The van der Waals surface area contributed by atoms with Gasteiger partial charge in [0.05, 0.1) is 10.6 Å². The molecule has 0 unspecified atom stereocenters. The maximum absolute atomic E-state index is 11.4. The molecule has 0 aliphatic heterocycles. The molecular formula is C18H17N3OS. The number of carbonyl (C=O) groups is 1. The van der Waals surface area contributed by atoms with E-state index in [1.807, 2.05) is 12.1 Å². The Bertz CT molecular complexity index is 836. The Hall–Kier alpha value is -2.53. The van der Waals surface area contributed by atoms with Gasteiger partial charge >= 0.3 is 0 Å². The van der Waals surface area contributed by atoms with Crippen LogP contribution in [0.3, 0.4) is 0 Å². The molecule has 3 rings (SSSR count). The molecule has 0 spiro atoms. The van der Waals surface area contributed by atoms with Crippen molar-refractivity contribution in [3.8, 4) is 21.7 Å². The van der Waals surface area contributed by atoms with Crippen molar-refractivity contribution in [2.24, 2.45) is 0 Å². The van der Waals surface area contributed by atoms with Crippen molar-refractivity contribution in [1.29, 1.82) is 0 Å². The molecule has 1 N–H and O–H groups in total. The standard InChI is InChI=1S/C18H17N3OS/c1-11-8-12(2)10-15(9-11)17-16(14-4-6-19-7-5-14)21-18(23-17)20-13(3)22/h4-10H,1-3H3,(H,20,21,22). The Morgan fingerprint density at radius 3 is 2.30 bits per heavy atom. The first-order chi connectivity index (χ1) is 11.0. The molecule has 0 aliphatic rings. The second kappa shape index (κ2) is 6.30. The van der Waals surface area contributed by atoms with Crippen LogP contribution in [0.2, 0.25) is 0 Å². The third-order valence-corrected chi connectivity index (χ3v) is 4.37. The summed E-state index contributed by atoms with van der Waals surface area (Å²) < 4.78 is 0. The van der Waals surface area contributed by atoms with Gasteiger partial charge in [0.1, 0.15) is 0 Å². The molecule has 0 aliphatic carbocycles. The molecule has 2 aromatic heterocycles. The predicted molar refractivity (Wildman–Crippen MR) is 94.6 cm³/mol. The zero-order valence-corrected chi connectivity index (χ0v) is 14.1. The summed E-state index contributed by atoms with van der Waals surface area (Å²) in [6.07, 6.45) is 3.50. The van der Waals surface area contributed by atoms with E-state index < -0.39 is 0 Å². The Balaban J connectivity index is 2.17. The van der Waals surface area contributed by atoms with E-state index in [1.165, 1.54) is 29.4 Å². The second-order valence-electron chi connectivity index (χ2n) is 5.49. The van der Waals surface area contributed by atoms with Crippen LogP contribution in [0, 0.1) is 13.8 Å². The number of nitrogens with one attached hydrogen (secondary N) is 1. The summed E-state index contributed by atoms with van der Waals surface area (Å²) >= 11 is 1.49. The van der Waals surface area contributed by atoms with E-state index in [0.717, 1.165) is 21.7 Å². The van der Waals surface area contributed by atoms with Gasteiger partial charge in [-0.05, 0) is 31.5 Å². The average Bonchev–Trinajstić information content (AvgIpc) is 2.90. The Labute approximate surface area is 139 Å². The van der Waals surface area contributed by atoms with Gasteiger partial charge in [-0.2, -0.15) is 0 Å². The number of carbonyl (C=O) groups excluding carboxylic acids is 1. The highest BCUT2D eigenvalue weighted by atomic mass is 32.1. The monoisotopic (exact) mass is 323 g/mol. The highest BCUT2D eigenvalue weighted by molar-refractivity contribution is 7.19. The number of hydrogen-bond acceptors (Lipinski definition) is 4. The van der Waals surface area contributed by atoms with Crippen molar-refractivity contribution in [3.05, 3.63) is 53.9 Å². The molecular weight excluding hydrogens is 306 g/mol. The van der Waals surface area contributed by atoms with Crippen LogP contribution >= 0.6 is 11.3 Å². The lowest BCUT2D eigenvalue weighted by molar-refractivity contribution is -0.114. The Morgan fingerprint density at radius 2 is 1.70 bits per heavy atom. The van der Waals surface area contributed by atoms with E-state index in [-0.39, 0.29) is 5.91 Å². The highest BCUT2D eigenvalue weighted by Gasteiger charge is 2.16. The van der Waals surface area contributed by atoms with Gasteiger partial charge in [-0.3, -0.25) is 9.78 Å².